The second-order valence-electron chi connectivity index (χ2n) is 5.20. The van der Waals surface area contributed by atoms with E-state index >= 15 is 0 Å². The fourth-order valence-corrected chi connectivity index (χ4v) is 3.22. The Morgan fingerprint density at radius 3 is 2.86 bits per heavy atom. The fourth-order valence-electron chi connectivity index (χ4n) is 2.55. The summed E-state index contributed by atoms with van der Waals surface area (Å²) in [7, 11) is 0. The number of carbonyl (C=O) groups is 2. The number of nitrogens with zero attached hydrogens (tertiary/aromatic N) is 1. The fraction of sp³-hybridized carbons (Fsp3) is 0.333. The lowest BCUT2D eigenvalue weighted by molar-refractivity contribution is -0.147. The maximum Gasteiger partial charge on any atom is 0.328 e. The van der Waals surface area contributed by atoms with Gasteiger partial charge in [-0.15, -0.1) is 0 Å². The molecule has 1 aromatic carbocycles. The molecule has 1 unspecified atom stereocenters. The molecule has 0 spiro atoms. The molecule has 0 saturated carbocycles. The van der Waals surface area contributed by atoms with Crippen LogP contribution in [0, 0.1) is 6.92 Å². The van der Waals surface area contributed by atoms with Gasteiger partial charge in [0, 0.05) is 11.9 Å². The van der Waals surface area contributed by atoms with Crippen LogP contribution in [0.15, 0.2) is 27.1 Å². The number of carboxylic acid groups (broad SMARTS) is 1. The number of carbonyl (C=O) groups excluding carboxylic acids is 1. The molecule has 1 fully saturated rings. The summed E-state index contributed by atoms with van der Waals surface area (Å²) in [6, 6.07) is 4.46. The molecule has 1 aromatic heterocycles. The van der Waals surface area contributed by atoms with Gasteiger partial charge in [0.1, 0.15) is 5.58 Å². The highest BCUT2D eigenvalue weighted by molar-refractivity contribution is 9.10. The highest BCUT2D eigenvalue weighted by atomic mass is 79.9. The molecule has 6 nitrogen and oxygen atoms in total. The van der Waals surface area contributed by atoms with Crippen molar-refractivity contribution in [1.82, 2.24) is 4.90 Å². The van der Waals surface area contributed by atoms with Crippen molar-refractivity contribution >= 4 is 38.8 Å². The number of fused-ring (bicyclic) bond motifs is 1. The van der Waals surface area contributed by atoms with Crippen molar-refractivity contribution < 1.29 is 23.8 Å². The number of aliphatic carboxylic acids is 1. The molecule has 1 aliphatic rings. The van der Waals surface area contributed by atoms with Gasteiger partial charge in [-0.05, 0) is 46.6 Å². The average Bonchev–Trinajstić information content (AvgIpc) is 2.90. The Hall–Kier alpha value is -1.86. The summed E-state index contributed by atoms with van der Waals surface area (Å²) >= 11 is 3.41. The van der Waals surface area contributed by atoms with Gasteiger partial charge in [0.25, 0.3) is 5.91 Å². The van der Waals surface area contributed by atoms with Gasteiger partial charge in [0.2, 0.25) is 0 Å². The first-order chi connectivity index (χ1) is 10.5. The van der Waals surface area contributed by atoms with Gasteiger partial charge >= 0.3 is 5.97 Å². The van der Waals surface area contributed by atoms with Crippen molar-refractivity contribution in [2.75, 3.05) is 19.8 Å². The molecular formula is C15H14BrNO5. The number of halogens is 1. The largest absolute Gasteiger partial charge is 0.480 e. The van der Waals surface area contributed by atoms with Gasteiger partial charge in [-0.25, -0.2) is 4.79 Å². The van der Waals surface area contributed by atoms with Crippen molar-refractivity contribution in [2.24, 2.45) is 0 Å². The van der Waals surface area contributed by atoms with E-state index in [2.05, 4.69) is 15.9 Å². The molecule has 22 heavy (non-hydrogen) atoms. The Morgan fingerprint density at radius 1 is 1.36 bits per heavy atom. The van der Waals surface area contributed by atoms with Gasteiger partial charge in [-0.3, -0.25) is 4.79 Å². The summed E-state index contributed by atoms with van der Waals surface area (Å²) in [5, 5.41) is 10.0. The number of benzene rings is 1. The van der Waals surface area contributed by atoms with Crippen molar-refractivity contribution in [3.05, 3.63) is 34.0 Å². The van der Waals surface area contributed by atoms with Crippen molar-refractivity contribution in [3.63, 3.8) is 0 Å². The van der Waals surface area contributed by atoms with Crippen LogP contribution in [-0.4, -0.2) is 47.7 Å². The Bertz CT molecular complexity index is 754. The smallest absolute Gasteiger partial charge is 0.328 e. The summed E-state index contributed by atoms with van der Waals surface area (Å²) < 4.78 is 11.5. The Labute approximate surface area is 134 Å². The Morgan fingerprint density at radius 2 is 2.14 bits per heavy atom. The molecular weight excluding hydrogens is 354 g/mol. The van der Waals surface area contributed by atoms with Crippen LogP contribution >= 0.6 is 15.9 Å². The minimum Gasteiger partial charge on any atom is -0.480 e. The summed E-state index contributed by atoms with van der Waals surface area (Å²) in [6.07, 6.45) is 0. The second-order valence-corrected chi connectivity index (χ2v) is 6.06. The van der Waals surface area contributed by atoms with E-state index in [9.17, 15) is 14.7 Å². The standard InChI is InChI=1S/C15H14BrNO5/c1-8-4-9-6-12(22-13(9)10(16)5-8)14(18)17-2-3-21-7-11(17)15(19)20/h4-6,11H,2-3,7H2,1H3,(H,19,20). The van der Waals surface area contributed by atoms with E-state index < -0.39 is 17.9 Å². The van der Waals surface area contributed by atoms with E-state index in [1.807, 2.05) is 19.1 Å². The summed E-state index contributed by atoms with van der Waals surface area (Å²) in [5.41, 5.74) is 1.61. The average molecular weight is 368 g/mol. The second kappa shape index (κ2) is 5.73. The van der Waals surface area contributed by atoms with Crippen LogP contribution in [0.1, 0.15) is 16.1 Å². The first kappa shape index (κ1) is 15.1. The molecule has 3 rings (SSSR count). The van der Waals surface area contributed by atoms with Gasteiger partial charge in [0.15, 0.2) is 11.8 Å². The maximum absolute atomic E-state index is 12.6. The number of aryl methyl sites for hydroxylation is 1. The van der Waals surface area contributed by atoms with Crippen LogP contribution in [-0.2, 0) is 9.53 Å². The number of hydrogen-bond acceptors (Lipinski definition) is 4. The zero-order valence-electron chi connectivity index (χ0n) is 11.8. The van der Waals surface area contributed by atoms with Crippen LogP contribution < -0.4 is 0 Å². The summed E-state index contributed by atoms with van der Waals surface area (Å²) in [6.45, 7) is 2.48. The number of furan rings is 1. The summed E-state index contributed by atoms with van der Waals surface area (Å²) in [5.74, 6) is -1.38. The van der Waals surface area contributed by atoms with Crippen LogP contribution in [0.25, 0.3) is 11.0 Å². The van der Waals surface area contributed by atoms with E-state index in [1.165, 1.54) is 4.90 Å². The first-order valence-corrected chi connectivity index (χ1v) is 7.58. The molecule has 2 aromatic rings. The van der Waals surface area contributed by atoms with Gasteiger partial charge in [-0.1, -0.05) is 0 Å². The molecule has 2 heterocycles. The lowest BCUT2D eigenvalue weighted by Crippen LogP contribution is -2.52. The number of morpholine rings is 1. The minimum atomic E-state index is -1.08. The van der Waals surface area contributed by atoms with Crippen molar-refractivity contribution in [1.29, 1.82) is 0 Å². The lowest BCUT2D eigenvalue weighted by atomic mass is 10.1. The molecule has 7 heteroatoms. The van der Waals surface area contributed by atoms with E-state index in [4.69, 9.17) is 9.15 Å². The molecule has 0 radical (unpaired) electrons. The first-order valence-electron chi connectivity index (χ1n) is 6.78. The van der Waals surface area contributed by atoms with Gasteiger partial charge in [0.05, 0.1) is 17.7 Å². The third-order valence-electron chi connectivity index (χ3n) is 3.60. The number of rotatable bonds is 2. The molecule has 1 amide bonds. The minimum absolute atomic E-state index is 0.00982. The third kappa shape index (κ3) is 2.62. The SMILES string of the molecule is Cc1cc(Br)c2oc(C(=O)N3CCOCC3C(=O)O)cc2c1. The van der Waals surface area contributed by atoms with Gasteiger partial charge in [-0.2, -0.15) is 0 Å². The van der Waals surface area contributed by atoms with Crippen LogP contribution in [0.3, 0.4) is 0 Å². The lowest BCUT2D eigenvalue weighted by Gasteiger charge is -2.32. The van der Waals surface area contributed by atoms with Gasteiger partial charge < -0.3 is 19.2 Å². The third-order valence-corrected chi connectivity index (χ3v) is 4.19. The van der Waals surface area contributed by atoms with Crippen molar-refractivity contribution in [3.8, 4) is 0 Å². The highest BCUT2D eigenvalue weighted by Crippen LogP contribution is 2.29. The topological polar surface area (TPSA) is 80.0 Å². The Balaban J connectivity index is 1.97. The zero-order chi connectivity index (χ0) is 15.9. The molecule has 1 aliphatic heterocycles. The number of ether oxygens (including phenoxy) is 1. The molecule has 1 saturated heterocycles. The number of carboxylic acids is 1. The monoisotopic (exact) mass is 367 g/mol. The van der Waals surface area contributed by atoms with E-state index in [1.54, 1.807) is 6.07 Å². The predicted molar refractivity (Wildman–Crippen MR) is 81.9 cm³/mol. The van der Waals surface area contributed by atoms with Crippen molar-refractivity contribution in [2.45, 2.75) is 13.0 Å². The predicted octanol–water partition coefficient (Wildman–Crippen LogP) is 2.43. The van der Waals surface area contributed by atoms with Crippen LogP contribution in [0.2, 0.25) is 0 Å². The Kier molecular flexibility index (Phi) is 3.92. The molecule has 1 atom stereocenters. The number of hydrogen-bond donors (Lipinski definition) is 1. The van der Waals surface area contributed by atoms with Crippen LogP contribution in [0.4, 0.5) is 0 Å². The maximum atomic E-state index is 12.6. The van der Waals surface area contributed by atoms with Crippen LogP contribution in [0.5, 0.6) is 0 Å². The van der Waals surface area contributed by atoms with E-state index in [0.717, 1.165) is 15.4 Å². The highest BCUT2D eigenvalue weighted by Gasteiger charge is 2.34. The molecule has 116 valence electrons. The van der Waals surface area contributed by atoms with E-state index in [-0.39, 0.29) is 18.9 Å². The molecule has 0 bridgehead atoms. The van der Waals surface area contributed by atoms with E-state index in [0.29, 0.717) is 12.2 Å². The summed E-state index contributed by atoms with van der Waals surface area (Å²) in [4.78, 5) is 25.1. The quantitative estimate of drug-likeness (QED) is 0.881. The normalized spacial score (nSPS) is 18.6. The zero-order valence-corrected chi connectivity index (χ0v) is 13.4. The number of amides is 1. The molecule has 0 aliphatic carbocycles. The molecule has 1 N–H and O–H groups in total.